The zero-order valence-corrected chi connectivity index (χ0v) is 14.4. The van der Waals surface area contributed by atoms with Crippen LogP contribution in [0.5, 0.6) is 0 Å². The molecule has 0 aliphatic carbocycles. The molecular formula is C13H20Cl2N2O2S. The van der Waals surface area contributed by atoms with Crippen molar-refractivity contribution >= 4 is 40.6 Å². The van der Waals surface area contributed by atoms with E-state index in [1.165, 1.54) is 11.3 Å². The zero-order valence-electron chi connectivity index (χ0n) is 12.0. The summed E-state index contributed by atoms with van der Waals surface area (Å²) in [7, 11) is 0. The monoisotopic (exact) mass is 338 g/mol. The van der Waals surface area contributed by atoms with E-state index in [9.17, 15) is 4.79 Å². The molecule has 0 saturated carbocycles. The van der Waals surface area contributed by atoms with Crippen LogP contribution in [-0.4, -0.2) is 24.8 Å². The summed E-state index contributed by atoms with van der Waals surface area (Å²) >= 11 is 13.3. The summed E-state index contributed by atoms with van der Waals surface area (Å²) in [5.74, 6) is 0. The van der Waals surface area contributed by atoms with Crippen LogP contribution in [0.4, 0.5) is 4.79 Å². The Balaban J connectivity index is 2.28. The van der Waals surface area contributed by atoms with Crippen LogP contribution in [-0.2, 0) is 4.74 Å². The topological polar surface area (TPSA) is 50.4 Å². The molecule has 0 aromatic carbocycles. The number of thiophene rings is 1. The summed E-state index contributed by atoms with van der Waals surface area (Å²) in [6.07, 6.45) is -0.413. The summed E-state index contributed by atoms with van der Waals surface area (Å²) in [6.45, 7) is 8.58. The molecule has 1 heterocycles. The molecule has 1 aromatic heterocycles. The lowest BCUT2D eigenvalue weighted by Gasteiger charge is -2.20. The standard InChI is InChI=1S/C13H20Cl2N2O2S/c1-8(9-7-10(14)20-11(9)15)16-5-6-17-12(18)19-13(2,3)4/h7-8,16H,5-6H2,1-4H3,(H,17,18). The molecule has 7 heteroatoms. The number of halogens is 2. The highest BCUT2D eigenvalue weighted by Crippen LogP contribution is 2.34. The Morgan fingerprint density at radius 2 is 2.05 bits per heavy atom. The number of ether oxygens (including phenoxy) is 1. The third-order valence-corrected chi connectivity index (χ3v) is 3.91. The van der Waals surface area contributed by atoms with Crippen molar-refractivity contribution in [3.8, 4) is 0 Å². The van der Waals surface area contributed by atoms with Gasteiger partial charge in [0.25, 0.3) is 0 Å². The van der Waals surface area contributed by atoms with Crippen molar-refractivity contribution < 1.29 is 9.53 Å². The van der Waals surface area contributed by atoms with Crippen molar-refractivity contribution in [1.29, 1.82) is 0 Å². The molecule has 0 spiro atoms. The Kier molecular flexibility index (Phi) is 6.58. The molecule has 1 unspecified atom stereocenters. The minimum atomic E-state index is -0.480. The summed E-state index contributed by atoms with van der Waals surface area (Å²) in [5.41, 5.74) is 0.491. The second-order valence-corrected chi connectivity index (χ2v) is 7.67. The first-order valence-corrected chi connectivity index (χ1v) is 7.91. The van der Waals surface area contributed by atoms with Gasteiger partial charge >= 0.3 is 6.09 Å². The molecule has 1 atom stereocenters. The maximum atomic E-state index is 11.4. The highest BCUT2D eigenvalue weighted by Gasteiger charge is 2.16. The predicted octanol–water partition coefficient (Wildman–Crippen LogP) is 4.23. The number of hydrogen-bond donors (Lipinski definition) is 2. The SMILES string of the molecule is CC(NCCNC(=O)OC(C)(C)C)c1cc(Cl)sc1Cl. The van der Waals surface area contributed by atoms with Gasteiger partial charge < -0.3 is 15.4 Å². The van der Waals surface area contributed by atoms with Crippen molar-refractivity contribution in [2.24, 2.45) is 0 Å². The smallest absolute Gasteiger partial charge is 0.407 e. The van der Waals surface area contributed by atoms with Crippen molar-refractivity contribution in [3.63, 3.8) is 0 Å². The van der Waals surface area contributed by atoms with Gasteiger partial charge in [0.1, 0.15) is 5.60 Å². The molecule has 0 aliphatic heterocycles. The van der Waals surface area contributed by atoms with Gasteiger partial charge in [0.15, 0.2) is 0 Å². The number of hydrogen-bond acceptors (Lipinski definition) is 4. The van der Waals surface area contributed by atoms with Crippen LogP contribution in [0.2, 0.25) is 8.67 Å². The van der Waals surface area contributed by atoms with Crippen LogP contribution in [0.1, 0.15) is 39.3 Å². The van der Waals surface area contributed by atoms with Crippen molar-refractivity contribution in [2.45, 2.75) is 39.3 Å². The first-order chi connectivity index (χ1) is 9.19. The fourth-order valence-corrected chi connectivity index (χ4v) is 3.17. The average molecular weight is 339 g/mol. The molecule has 0 radical (unpaired) electrons. The van der Waals surface area contributed by atoms with Gasteiger partial charge in [-0.05, 0) is 39.3 Å². The average Bonchev–Trinajstić information content (AvgIpc) is 2.61. The van der Waals surface area contributed by atoms with Gasteiger partial charge in [-0.1, -0.05) is 23.2 Å². The summed E-state index contributed by atoms with van der Waals surface area (Å²) < 4.78 is 6.50. The third kappa shape index (κ3) is 6.31. The Bertz CT molecular complexity index is 458. The maximum absolute atomic E-state index is 11.4. The van der Waals surface area contributed by atoms with E-state index >= 15 is 0 Å². The molecule has 0 saturated heterocycles. The first kappa shape index (κ1) is 17.6. The van der Waals surface area contributed by atoms with Crippen LogP contribution < -0.4 is 10.6 Å². The molecule has 20 heavy (non-hydrogen) atoms. The van der Waals surface area contributed by atoms with E-state index in [0.29, 0.717) is 21.8 Å². The number of alkyl carbamates (subject to hydrolysis) is 1. The molecule has 0 aliphatic rings. The zero-order chi connectivity index (χ0) is 15.3. The van der Waals surface area contributed by atoms with Crippen LogP contribution >= 0.6 is 34.5 Å². The largest absolute Gasteiger partial charge is 0.444 e. The lowest BCUT2D eigenvalue weighted by molar-refractivity contribution is 0.0528. The van der Waals surface area contributed by atoms with Crippen molar-refractivity contribution in [1.82, 2.24) is 10.6 Å². The fourth-order valence-electron chi connectivity index (χ4n) is 1.53. The Hall–Kier alpha value is -0.490. The highest BCUT2D eigenvalue weighted by molar-refractivity contribution is 7.20. The van der Waals surface area contributed by atoms with E-state index in [2.05, 4.69) is 10.6 Å². The van der Waals surface area contributed by atoms with E-state index in [4.69, 9.17) is 27.9 Å². The number of amides is 1. The van der Waals surface area contributed by atoms with E-state index in [1.54, 1.807) is 0 Å². The van der Waals surface area contributed by atoms with Crippen molar-refractivity contribution in [2.75, 3.05) is 13.1 Å². The lowest BCUT2D eigenvalue weighted by Crippen LogP contribution is -2.36. The van der Waals surface area contributed by atoms with E-state index in [1.807, 2.05) is 33.8 Å². The van der Waals surface area contributed by atoms with Gasteiger partial charge in [-0.15, -0.1) is 11.3 Å². The van der Waals surface area contributed by atoms with Crippen LogP contribution in [0.15, 0.2) is 6.07 Å². The molecule has 0 fully saturated rings. The Labute approximate surface area is 133 Å². The predicted molar refractivity (Wildman–Crippen MR) is 85.0 cm³/mol. The lowest BCUT2D eigenvalue weighted by atomic mass is 10.2. The number of nitrogens with one attached hydrogen (secondary N) is 2. The minimum absolute atomic E-state index is 0.0756. The van der Waals surface area contributed by atoms with Gasteiger partial charge in [-0.3, -0.25) is 0 Å². The molecular weight excluding hydrogens is 319 g/mol. The molecule has 2 N–H and O–H groups in total. The maximum Gasteiger partial charge on any atom is 0.407 e. The van der Waals surface area contributed by atoms with Gasteiger partial charge in [-0.2, -0.15) is 0 Å². The van der Waals surface area contributed by atoms with Gasteiger partial charge in [0.05, 0.1) is 8.67 Å². The number of rotatable bonds is 5. The van der Waals surface area contributed by atoms with E-state index in [-0.39, 0.29) is 6.04 Å². The summed E-state index contributed by atoms with van der Waals surface area (Å²) in [5, 5.41) is 5.95. The quantitative estimate of drug-likeness (QED) is 0.790. The number of carbonyl (C=O) groups is 1. The fraction of sp³-hybridized carbons (Fsp3) is 0.615. The number of carbonyl (C=O) groups excluding carboxylic acids is 1. The Morgan fingerprint density at radius 1 is 1.40 bits per heavy atom. The molecule has 1 amide bonds. The molecule has 0 bridgehead atoms. The van der Waals surface area contributed by atoms with Crippen LogP contribution in [0.3, 0.4) is 0 Å². The molecule has 114 valence electrons. The highest BCUT2D eigenvalue weighted by atomic mass is 35.5. The van der Waals surface area contributed by atoms with E-state index in [0.717, 1.165) is 5.56 Å². The van der Waals surface area contributed by atoms with Crippen molar-refractivity contribution in [3.05, 3.63) is 20.3 Å². The normalized spacial score (nSPS) is 13.1. The Morgan fingerprint density at radius 3 is 2.55 bits per heavy atom. The second kappa shape index (κ2) is 7.50. The third-order valence-electron chi connectivity index (χ3n) is 2.39. The molecule has 1 aromatic rings. The van der Waals surface area contributed by atoms with E-state index < -0.39 is 11.7 Å². The summed E-state index contributed by atoms with van der Waals surface area (Å²) in [4.78, 5) is 11.4. The first-order valence-electron chi connectivity index (χ1n) is 6.34. The van der Waals surface area contributed by atoms with Gasteiger partial charge in [0, 0.05) is 19.1 Å². The second-order valence-electron chi connectivity index (χ2n) is 5.38. The molecule has 4 nitrogen and oxygen atoms in total. The van der Waals surface area contributed by atoms with Crippen LogP contribution in [0.25, 0.3) is 0 Å². The van der Waals surface area contributed by atoms with Gasteiger partial charge in [-0.25, -0.2) is 4.79 Å². The summed E-state index contributed by atoms with van der Waals surface area (Å²) in [6, 6.07) is 1.93. The van der Waals surface area contributed by atoms with Gasteiger partial charge in [0.2, 0.25) is 0 Å². The van der Waals surface area contributed by atoms with Crippen LogP contribution in [0, 0.1) is 0 Å². The minimum Gasteiger partial charge on any atom is -0.444 e. The molecule has 1 rings (SSSR count).